The average Bonchev–Trinajstić information content (AvgIpc) is 1.56. The molecule has 14 heavy (non-hydrogen) atoms. The summed E-state index contributed by atoms with van der Waals surface area (Å²) in [6.07, 6.45) is 4.00. The van der Waals surface area contributed by atoms with E-state index in [1.54, 1.807) is 0 Å². The Morgan fingerprint density at radius 3 is 1.29 bits per heavy atom. The van der Waals surface area contributed by atoms with Gasteiger partial charge in [0, 0.05) is 11.1 Å². The van der Waals surface area contributed by atoms with Crippen molar-refractivity contribution in [2.45, 2.75) is 58.0 Å². The average molecular weight is 243 g/mol. The molecule has 76 valence electrons. The summed E-state index contributed by atoms with van der Waals surface area (Å²) in [5.74, 6) is 0. The molecule has 5 heteroatoms. The van der Waals surface area contributed by atoms with E-state index in [4.69, 9.17) is 0 Å². The van der Waals surface area contributed by atoms with Crippen molar-refractivity contribution in [3.05, 3.63) is 0 Å². The molecule has 0 radical (unpaired) electrons. The number of rotatable bonds is 0. The zero-order valence-corrected chi connectivity index (χ0v) is 13.0. The van der Waals surface area contributed by atoms with Crippen LogP contribution in [0.5, 0.6) is 0 Å². The first kappa shape index (κ1) is 24.9. The van der Waals surface area contributed by atoms with Crippen molar-refractivity contribution in [2.24, 2.45) is 0 Å². The summed E-state index contributed by atoms with van der Waals surface area (Å²) in [6.45, 7) is 9.14. The molecule has 1 aliphatic rings. The topological polar surface area (TPSA) is 12.0 Å². The summed E-state index contributed by atoms with van der Waals surface area (Å²) in [4.78, 5) is 0. The Kier molecular flexibility index (Phi) is 16.0. The van der Waals surface area contributed by atoms with Gasteiger partial charge in [0.05, 0.1) is 0 Å². The Hall–Kier alpha value is 1.90. The van der Waals surface area contributed by atoms with Gasteiger partial charge in [-0.3, -0.25) is 0 Å². The Balaban J connectivity index is -0.000000125. The maximum atomic E-state index is 3.63. The van der Waals surface area contributed by atoms with E-state index in [2.05, 4.69) is 33.0 Å². The van der Waals surface area contributed by atoms with Crippen molar-refractivity contribution < 1.29 is 43.7 Å². The third-order valence-electron chi connectivity index (χ3n) is 2.28. The molecule has 0 saturated carbocycles. The van der Waals surface area contributed by atoms with Gasteiger partial charge in [0.25, 0.3) is 0 Å². The van der Waals surface area contributed by atoms with Crippen LogP contribution < -0.4 is 49.0 Å². The van der Waals surface area contributed by atoms with Crippen LogP contribution in [0.2, 0.25) is 0 Å². The molecule has 0 unspecified atom stereocenters. The number of nitrogens with one attached hydrogen (secondary N) is 1. The molecule has 0 aromatic heterocycles. The maximum Gasteiger partial charge on any atom is 2.00 e. The SMILES string of the molecule is CC1(C)CCCC(C)(C)N1.[Cl-].[Cl-].[Li+].[Mg+2]. The second kappa shape index (κ2) is 8.99. The molecule has 1 nitrogen and oxygen atoms in total. The van der Waals surface area contributed by atoms with E-state index < -0.39 is 0 Å². The van der Waals surface area contributed by atoms with Gasteiger partial charge in [-0.1, -0.05) is 0 Å². The normalized spacial score (nSPS) is 21.4. The number of hydrogen-bond acceptors (Lipinski definition) is 1. The smallest absolute Gasteiger partial charge is 1.00 e. The van der Waals surface area contributed by atoms with Gasteiger partial charge in [0.15, 0.2) is 0 Å². The number of piperidine rings is 1. The summed E-state index contributed by atoms with van der Waals surface area (Å²) >= 11 is 0. The van der Waals surface area contributed by atoms with Crippen LogP contribution in [0.25, 0.3) is 0 Å². The van der Waals surface area contributed by atoms with Gasteiger partial charge in [-0.2, -0.15) is 0 Å². The van der Waals surface area contributed by atoms with Crippen molar-refractivity contribution >= 4 is 23.1 Å². The van der Waals surface area contributed by atoms with Crippen LogP contribution in [0.1, 0.15) is 47.0 Å². The standard InChI is InChI=1S/C9H19N.2ClH.Li.Mg/c1-8(2)6-5-7-9(3,4)10-8;;;;/h10H,5-7H2,1-4H3;2*1H;;/q;;;+1;+2/p-2. The Bertz CT molecular complexity index is 129. The minimum absolute atomic E-state index is 0. The number of halogens is 2. The van der Waals surface area contributed by atoms with Crippen LogP contribution >= 0.6 is 0 Å². The first-order chi connectivity index (χ1) is 4.41. The van der Waals surface area contributed by atoms with Gasteiger partial charge in [0.2, 0.25) is 0 Å². The largest absolute Gasteiger partial charge is 2.00 e. The molecule has 0 aromatic carbocycles. The summed E-state index contributed by atoms with van der Waals surface area (Å²) < 4.78 is 0. The van der Waals surface area contributed by atoms with E-state index >= 15 is 0 Å². The molecular formula is C9H19Cl2LiMgN+. The molecular weight excluding hydrogens is 224 g/mol. The van der Waals surface area contributed by atoms with Crippen LogP contribution in [0.4, 0.5) is 0 Å². The fourth-order valence-corrected chi connectivity index (χ4v) is 2.01. The van der Waals surface area contributed by atoms with Gasteiger partial charge >= 0.3 is 41.9 Å². The fourth-order valence-electron chi connectivity index (χ4n) is 2.01. The second-order valence-electron chi connectivity index (χ2n) is 4.75. The summed E-state index contributed by atoms with van der Waals surface area (Å²) in [5, 5.41) is 3.63. The molecule has 1 heterocycles. The van der Waals surface area contributed by atoms with Crippen LogP contribution in [0.3, 0.4) is 0 Å². The van der Waals surface area contributed by atoms with E-state index in [9.17, 15) is 0 Å². The molecule has 0 amide bonds. The van der Waals surface area contributed by atoms with Gasteiger partial charge < -0.3 is 30.1 Å². The monoisotopic (exact) mass is 242 g/mol. The van der Waals surface area contributed by atoms with E-state index in [1.807, 2.05) is 0 Å². The Labute approximate surface area is 129 Å². The molecule has 0 atom stereocenters. The Morgan fingerprint density at radius 2 is 1.14 bits per heavy atom. The maximum absolute atomic E-state index is 3.63. The van der Waals surface area contributed by atoms with E-state index in [0.29, 0.717) is 11.1 Å². The first-order valence-corrected chi connectivity index (χ1v) is 4.21. The van der Waals surface area contributed by atoms with Gasteiger partial charge in [0.1, 0.15) is 0 Å². The summed E-state index contributed by atoms with van der Waals surface area (Å²) in [6, 6.07) is 0. The molecule has 1 aliphatic heterocycles. The van der Waals surface area contributed by atoms with E-state index in [1.165, 1.54) is 19.3 Å². The quantitative estimate of drug-likeness (QED) is 0.417. The fraction of sp³-hybridized carbons (Fsp3) is 1.00. The molecule has 0 bridgehead atoms. The van der Waals surface area contributed by atoms with Crippen molar-refractivity contribution in [3.8, 4) is 0 Å². The molecule has 1 saturated heterocycles. The summed E-state index contributed by atoms with van der Waals surface area (Å²) in [5.41, 5.74) is 0.726. The van der Waals surface area contributed by atoms with Crippen LogP contribution in [-0.2, 0) is 0 Å². The Morgan fingerprint density at radius 1 is 0.857 bits per heavy atom. The zero-order valence-electron chi connectivity index (χ0n) is 10.1. The van der Waals surface area contributed by atoms with Crippen molar-refractivity contribution in [1.29, 1.82) is 0 Å². The van der Waals surface area contributed by atoms with Crippen molar-refractivity contribution in [2.75, 3.05) is 0 Å². The van der Waals surface area contributed by atoms with Crippen LogP contribution in [0.15, 0.2) is 0 Å². The molecule has 1 N–H and O–H groups in total. The van der Waals surface area contributed by atoms with Crippen molar-refractivity contribution in [1.82, 2.24) is 5.32 Å². The molecule has 0 aliphatic carbocycles. The van der Waals surface area contributed by atoms with Crippen LogP contribution in [0, 0.1) is 0 Å². The third-order valence-corrected chi connectivity index (χ3v) is 2.28. The van der Waals surface area contributed by atoms with Gasteiger partial charge in [-0.25, -0.2) is 0 Å². The minimum atomic E-state index is 0. The predicted molar refractivity (Wildman–Crippen MR) is 50.9 cm³/mol. The number of hydrogen-bond donors (Lipinski definition) is 1. The minimum Gasteiger partial charge on any atom is -1.00 e. The molecule has 0 spiro atoms. The summed E-state index contributed by atoms with van der Waals surface area (Å²) in [7, 11) is 0. The predicted octanol–water partition coefficient (Wildman–Crippen LogP) is -7.05. The van der Waals surface area contributed by atoms with Crippen molar-refractivity contribution in [3.63, 3.8) is 0 Å². The molecule has 0 aromatic rings. The molecule has 1 fully saturated rings. The van der Waals surface area contributed by atoms with Crippen LogP contribution in [-0.4, -0.2) is 34.1 Å². The molecule has 1 rings (SSSR count). The van der Waals surface area contributed by atoms with Gasteiger partial charge in [-0.15, -0.1) is 0 Å². The van der Waals surface area contributed by atoms with E-state index in [0.717, 1.165) is 0 Å². The second-order valence-corrected chi connectivity index (χ2v) is 4.75. The zero-order chi connectivity index (χ0) is 7.83. The first-order valence-electron chi connectivity index (χ1n) is 4.21. The third kappa shape index (κ3) is 9.15. The van der Waals surface area contributed by atoms with Gasteiger partial charge in [-0.05, 0) is 47.0 Å². The van der Waals surface area contributed by atoms with E-state index in [-0.39, 0.29) is 66.7 Å².